The van der Waals surface area contributed by atoms with Crippen molar-refractivity contribution in [3.8, 4) is 0 Å². The lowest BCUT2D eigenvalue weighted by Gasteiger charge is -2.03. The summed E-state index contributed by atoms with van der Waals surface area (Å²) in [4.78, 5) is 10.5. The van der Waals surface area contributed by atoms with E-state index in [-0.39, 0.29) is 5.78 Å². The molecule has 0 saturated carbocycles. The van der Waals surface area contributed by atoms with Crippen molar-refractivity contribution in [3.63, 3.8) is 0 Å². The Morgan fingerprint density at radius 3 is 2.45 bits per heavy atom. The van der Waals surface area contributed by atoms with Crippen LogP contribution in [0.3, 0.4) is 0 Å². The van der Waals surface area contributed by atoms with Crippen molar-refractivity contribution in [1.29, 1.82) is 0 Å². The van der Waals surface area contributed by atoms with Crippen molar-refractivity contribution < 1.29 is 14.3 Å². The van der Waals surface area contributed by atoms with Crippen LogP contribution in [-0.4, -0.2) is 26.1 Å². The molecular weight excluding hydrogens is 144 g/mol. The Hall–Kier alpha value is -0.830. The first-order valence-electron chi connectivity index (χ1n) is 3.47. The number of hydrogen-bond acceptors (Lipinski definition) is 3. The van der Waals surface area contributed by atoms with Gasteiger partial charge >= 0.3 is 0 Å². The lowest BCUT2D eigenvalue weighted by Crippen LogP contribution is -2.00. The molecule has 0 fully saturated rings. The molecule has 11 heavy (non-hydrogen) atoms. The van der Waals surface area contributed by atoms with Crippen LogP contribution < -0.4 is 0 Å². The largest absolute Gasteiger partial charge is 0.496 e. The van der Waals surface area contributed by atoms with Crippen LogP contribution in [0.15, 0.2) is 11.8 Å². The Balaban J connectivity index is 3.51. The smallest absolute Gasteiger partial charge is 0.155 e. The zero-order valence-electron chi connectivity index (χ0n) is 7.22. The van der Waals surface area contributed by atoms with Gasteiger partial charge in [-0.25, -0.2) is 0 Å². The SMILES string of the molecule is COCCO/C(C)=C\C(C)=O. The van der Waals surface area contributed by atoms with E-state index >= 15 is 0 Å². The van der Waals surface area contributed by atoms with Crippen molar-refractivity contribution in [2.75, 3.05) is 20.3 Å². The maximum Gasteiger partial charge on any atom is 0.155 e. The lowest BCUT2D eigenvalue weighted by molar-refractivity contribution is -0.112. The molecule has 0 amide bonds. The number of ketones is 1. The van der Waals surface area contributed by atoms with Gasteiger partial charge in [-0.15, -0.1) is 0 Å². The highest BCUT2D eigenvalue weighted by molar-refractivity contribution is 5.87. The fourth-order valence-electron chi connectivity index (χ4n) is 0.614. The highest BCUT2D eigenvalue weighted by Crippen LogP contribution is 1.94. The molecule has 0 aliphatic carbocycles. The molecule has 0 aliphatic rings. The fraction of sp³-hybridized carbons (Fsp3) is 0.625. The van der Waals surface area contributed by atoms with Crippen molar-refractivity contribution in [3.05, 3.63) is 11.8 Å². The van der Waals surface area contributed by atoms with E-state index < -0.39 is 0 Å². The number of allylic oxidation sites excluding steroid dienone is 2. The molecule has 0 aromatic rings. The summed E-state index contributed by atoms with van der Waals surface area (Å²) >= 11 is 0. The first kappa shape index (κ1) is 10.2. The minimum atomic E-state index is -0.0000770. The van der Waals surface area contributed by atoms with Crippen LogP contribution in [0.4, 0.5) is 0 Å². The summed E-state index contributed by atoms with van der Waals surface area (Å²) in [6.07, 6.45) is 1.45. The molecule has 64 valence electrons. The predicted molar refractivity (Wildman–Crippen MR) is 42.3 cm³/mol. The van der Waals surface area contributed by atoms with Gasteiger partial charge in [-0.05, 0) is 13.8 Å². The van der Waals surface area contributed by atoms with E-state index in [1.807, 2.05) is 0 Å². The maximum absolute atomic E-state index is 10.5. The van der Waals surface area contributed by atoms with Gasteiger partial charge < -0.3 is 9.47 Å². The molecule has 0 aromatic heterocycles. The predicted octanol–water partition coefficient (Wildman–Crippen LogP) is 1.14. The number of carbonyl (C=O) groups is 1. The summed E-state index contributed by atoms with van der Waals surface area (Å²) in [5.74, 6) is 0.634. The first-order chi connectivity index (χ1) is 5.16. The van der Waals surface area contributed by atoms with Gasteiger partial charge in [0.1, 0.15) is 6.61 Å². The van der Waals surface area contributed by atoms with Crippen LogP contribution >= 0.6 is 0 Å². The number of methoxy groups -OCH3 is 1. The number of carbonyl (C=O) groups excluding carboxylic acids is 1. The normalized spacial score (nSPS) is 11.4. The van der Waals surface area contributed by atoms with Gasteiger partial charge in [0.25, 0.3) is 0 Å². The van der Waals surface area contributed by atoms with Crippen LogP contribution in [-0.2, 0) is 14.3 Å². The Bertz CT molecular complexity index is 149. The molecule has 0 bridgehead atoms. The zero-order chi connectivity index (χ0) is 8.69. The van der Waals surface area contributed by atoms with Gasteiger partial charge in [0.15, 0.2) is 5.78 Å². The third-order valence-electron chi connectivity index (χ3n) is 1.02. The average Bonchev–Trinajstić information content (AvgIpc) is 1.86. The van der Waals surface area contributed by atoms with Gasteiger partial charge in [0, 0.05) is 13.2 Å². The molecule has 0 radical (unpaired) electrons. The van der Waals surface area contributed by atoms with Crippen molar-refractivity contribution in [2.24, 2.45) is 0 Å². The van der Waals surface area contributed by atoms with E-state index in [4.69, 9.17) is 9.47 Å². The Kier molecular flexibility index (Phi) is 5.47. The van der Waals surface area contributed by atoms with E-state index in [9.17, 15) is 4.79 Å². The van der Waals surface area contributed by atoms with E-state index in [2.05, 4.69) is 0 Å². The quantitative estimate of drug-likeness (QED) is 0.342. The summed E-state index contributed by atoms with van der Waals surface area (Å²) in [5.41, 5.74) is 0. The molecule has 0 rings (SSSR count). The third kappa shape index (κ3) is 7.06. The van der Waals surface area contributed by atoms with Crippen molar-refractivity contribution >= 4 is 5.78 Å². The van der Waals surface area contributed by atoms with E-state index in [0.717, 1.165) is 0 Å². The van der Waals surface area contributed by atoms with Crippen molar-refractivity contribution in [2.45, 2.75) is 13.8 Å². The number of ether oxygens (including phenoxy) is 2. The summed E-state index contributed by atoms with van der Waals surface area (Å²) in [6, 6.07) is 0. The number of hydrogen-bond donors (Lipinski definition) is 0. The van der Waals surface area contributed by atoms with E-state index in [1.165, 1.54) is 13.0 Å². The zero-order valence-corrected chi connectivity index (χ0v) is 7.22. The van der Waals surface area contributed by atoms with Crippen LogP contribution in [0, 0.1) is 0 Å². The topological polar surface area (TPSA) is 35.5 Å². The fourth-order valence-corrected chi connectivity index (χ4v) is 0.614. The monoisotopic (exact) mass is 158 g/mol. The summed E-state index contributed by atoms with van der Waals surface area (Å²) in [7, 11) is 1.60. The van der Waals surface area contributed by atoms with Crippen LogP contribution in [0.5, 0.6) is 0 Å². The maximum atomic E-state index is 10.5. The molecule has 0 N–H and O–H groups in total. The van der Waals surface area contributed by atoms with Gasteiger partial charge in [-0.1, -0.05) is 0 Å². The second kappa shape index (κ2) is 5.92. The van der Waals surface area contributed by atoms with E-state index in [1.54, 1.807) is 14.0 Å². The molecule has 0 heterocycles. The Morgan fingerprint density at radius 2 is 2.00 bits per heavy atom. The summed E-state index contributed by atoms with van der Waals surface area (Å²) < 4.78 is 9.87. The molecule has 0 aromatic carbocycles. The highest BCUT2D eigenvalue weighted by atomic mass is 16.5. The molecular formula is C8H14O3. The summed E-state index contributed by atoms with van der Waals surface area (Å²) in [6.45, 7) is 4.27. The Labute approximate surface area is 67.0 Å². The van der Waals surface area contributed by atoms with E-state index in [0.29, 0.717) is 19.0 Å². The molecule has 3 nitrogen and oxygen atoms in total. The minimum Gasteiger partial charge on any atom is -0.496 e. The number of rotatable bonds is 5. The van der Waals surface area contributed by atoms with Crippen LogP contribution in [0.25, 0.3) is 0 Å². The second-order valence-electron chi connectivity index (χ2n) is 2.21. The molecule has 0 spiro atoms. The Morgan fingerprint density at radius 1 is 1.36 bits per heavy atom. The van der Waals surface area contributed by atoms with Crippen LogP contribution in [0.1, 0.15) is 13.8 Å². The first-order valence-corrected chi connectivity index (χ1v) is 3.47. The standard InChI is InChI=1S/C8H14O3/c1-7(9)6-8(2)11-5-4-10-3/h6H,4-5H2,1-3H3/b8-6-. The van der Waals surface area contributed by atoms with Gasteiger partial charge in [-0.3, -0.25) is 4.79 Å². The van der Waals surface area contributed by atoms with Gasteiger partial charge in [0.05, 0.1) is 12.4 Å². The second-order valence-corrected chi connectivity index (χ2v) is 2.21. The molecule has 0 saturated heterocycles. The molecule has 3 heteroatoms. The van der Waals surface area contributed by atoms with Gasteiger partial charge in [-0.2, -0.15) is 0 Å². The summed E-state index contributed by atoms with van der Waals surface area (Å²) in [5, 5.41) is 0. The highest BCUT2D eigenvalue weighted by Gasteiger charge is 1.91. The minimum absolute atomic E-state index is 0.0000770. The molecule has 0 atom stereocenters. The lowest BCUT2D eigenvalue weighted by atomic mass is 10.4. The molecule has 0 unspecified atom stereocenters. The van der Waals surface area contributed by atoms with Crippen molar-refractivity contribution in [1.82, 2.24) is 0 Å². The third-order valence-corrected chi connectivity index (χ3v) is 1.02. The van der Waals surface area contributed by atoms with Crippen LogP contribution in [0.2, 0.25) is 0 Å². The van der Waals surface area contributed by atoms with Gasteiger partial charge in [0.2, 0.25) is 0 Å². The average molecular weight is 158 g/mol. The molecule has 0 aliphatic heterocycles.